The predicted molar refractivity (Wildman–Crippen MR) is 109 cm³/mol. The highest BCUT2D eigenvalue weighted by Crippen LogP contribution is 2.41. The van der Waals surface area contributed by atoms with E-state index in [0.29, 0.717) is 19.6 Å². The topological polar surface area (TPSA) is 32.8 Å². The van der Waals surface area contributed by atoms with Crippen LogP contribution >= 0.6 is 0 Å². The zero-order valence-corrected chi connectivity index (χ0v) is 16.9. The van der Waals surface area contributed by atoms with E-state index in [9.17, 15) is 13.6 Å². The molecule has 0 unspecified atom stereocenters. The van der Waals surface area contributed by atoms with Crippen LogP contribution in [0.1, 0.15) is 42.0 Å². The molecule has 6 rings (SSSR count). The van der Waals surface area contributed by atoms with E-state index >= 15 is 0 Å². The highest BCUT2D eigenvalue weighted by molar-refractivity contribution is 5.70. The molecule has 0 spiro atoms. The first kappa shape index (κ1) is 19.5. The number of benzene rings is 2. The van der Waals surface area contributed by atoms with E-state index in [1.54, 1.807) is 11.0 Å². The van der Waals surface area contributed by atoms with Gasteiger partial charge in [0.25, 0.3) is 0 Å². The minimum Gasteiger partial charge on any atom is -0.449 e. The van der Waals surface area contributed by atoms with Crippen LogP contribution < -0.4 is 0 Å². The Hall–Kier alpha value is -2.47. The van der Waals surface area contributed by atoms with Crippen molar-refractivity contribution in [3.63, 3.8) is 0 Å². The molecule has 3 fully saturated rings. The summed E-state index contributed by atoms with van der Waals surface area (Å²) >= 11 is 0. The number of fused-ring (bicyclic) bond motifs is 4. The third kappa shape index (κ3) is 3.37. The average molecular weight is 412 g/mol. The quantitative estimate of drug-likeness (QED) is 0.742. The number of nitrogens with zero attached hydrogens (tertiary/aromatic N) is 2. The number of piperidine rings is 3. The van der Waals surface area contributed by atoms with E-state index in [0.717, 1.165) is 56.1 Å². The van der Waals surface area contributed by atoms with E-state index in [1.807, 2.05) is 24.3 Å². The summed E-state index contributed by atoms with van der Waals surface area (Å²) in [6.07, 6.45) is 3.36. The van der Waals surface area contributed by atoms with Crippen molar-refractivity contribution >= 4 is 6.09 Å². The van der Waals surface area contributed by atoms with Gasteiger partial charge in [-0.25, -0.2) is 13.6 Å². The van der Waals surface area contributed by atoms with Crippen LogP contribution in [-0.2, 0) is 11.2 Å². The van der Waals surface area contributed by atoms with Crippen molar-refractivity contribution < 1.29 is 18.3 Å². The molecule has 0 aliphatic carbocycles. The van der Waals surface area contributed by atoms with Crippen LogP contribution in [0.4, 0.5) is 13.6 Å². The number of carbonyl (C=O) groups is 1. The zero-order chi connectivity index (χ0) is 20.7. The molecule has 0 aromatic heterocycles. The van der Waals surface area contributed by atoms with Gasteiger partial charge in [0.1, 0.15) is 0 Å². The van der Waals surface area contributed by atoms with E-state index in [1.165, 1.54) is 6.07 Å². The maximum atomic E-state index is 14.8. The lowest BCUT2D eigenvalue weighted by Crippen LogP contribution is -2.51. The lowest BCUT2D eigenvalue weighted by Gasteiger charge is -2.48. The number of halogens is 2. The molecule has 2 aromatic rings. The fourth-order valence-electron chi connectivity index (χ4n) is 5.24. The fourth-order valence-corrected chi connectivity index (χ4v) is 5.24. The van der Waals surface area contributed by atoms with Crippen molar-refractivity contribution in [3.8, 4) is 0 Å². The van der Waals surface area contributed by atoms with Crippen LogP contribution in [0.5, 0.6) is 0 Å². The van der Waals surface area contributed by atoms with Crippen molar-refractivity contribution in [2.45, 2.75) is 31.7 Å². The summed E-state index contributed by atoms with van der Waals surface area (Å²) in [4.78, 5) is 17.2. The predicted octanol–water partition coefficient (Wildman–Crippen LogP) is 4.53. The molecule has 4 heterocycles. The van der Waals surface area contributed by atoms with Crippen LogP contribution in [0.25, 0.3) is 0 Å². The van der Waals surface area contributed by atoms with Gasteiger partial charge in [-0.05, 0) is 62.5 Å². The summed E-state index contributed by atoms with van der Waals surface area (Å²) < 4.78 is 34.6. The van der Waals surface area contributed by atoms with Gasteiger partial charge < -0.3 is 9.64 Å². The molecular formula is C24H26F2N2O2. The maximum Gasteiger partial charge on any atom is 0.410 e. The Morgan fingerprint density at radius 2 is 1.67 bits per heavy atom. The lowest BCUT2D eigenvalue weighted by molar-refractivity contribution is -0.0301. The number of rotatable bonds is 3. The number of hydrogen-bond acceptors (Lipinski definition) is 3. The third-order valence-corrected chi connectivity index (χ3v) is 7.17. The monoisotopic (exact) mass is 412 g/mol. The van der Waals surface area contributed by atoms with Crippen molar-refractivity contribution in [3.05, 3.63) is 70.8 Å². The number of ether oxygens (including phenoxy) is 1. The van der Waals surface area contributed by atoms with Gasteiger partial charge in [-0.15, -0.1) is 0 Å². The number of hydrogen-bond donors (Lipinski definition) is 0. The van der Waals surface area contributed by atoms with Gasteiger partial charge in [-0.2, -0.15) is 0 Å². The van der Waals surface area contributed by atoms with Crippen molar-refractivity contribution in [1.29, 1.82) is 0 Å². The van der Waals surface area contributed by atoms with E-state index in [4.69, 9.17) is 4.74 Å². The Bertz CT molecular complexity index is 942. The molecule has 0 radical (unpaired) electrons. The SMILES string of the molecule is O=C(OCC12CCN(CC1)CC2)N1CCc2ccccc2[C@@H]1c1cccc(F)c1F. The minimum absolute atomic E-state index is 0.0672. The third-order valence-electron chi connectivity index (χ3n) is 7.17. The standard InChI is InChI=1S/C24H26F2N2O2/c25-20-7-3-6-19(21(20)26)22-18-5-2-1-4-17(18)8-12-28(22)23(29)30-16-24-9-13-27(14-10-24)15-11-24/h1-7,22H,8-16H2/t22-/m1/s1. The van der Waals surface area contributed by atoms with Crippen molar-refractivity contribution in [2.24, 2.45) is 5.41 Å². The molecule has 4 aliphatic heterocycles. The maximum absolute atomic E-state index is 14.8. The molecule has 0 N–H and O–H groups in total. The molecule has 3 saturated heterocycles. The van der Waals surface area contributed by atoms with E-state index in [2.05, 4.69) is 4.90 Å². The first-order valence-electron chi connectivity index (χ1n) is 10.7. The summed E-state index contributed by atoms with van der Waals surface area (Å²) in [5, 5.41) is 0. The minimum atomic E-state index is -0.907. The van der Waals surface area contributed by atoms with E-state index in [-0.39, 0.29) is 11.0 Å². The van der Waals surface area contributed by atoms with Crippen LogP contribution in [-0.4, -0.2) is 48.7 Å². The number of carbonyl (C=O) groups excluding carboxylic acids is 1. The Morgan fingerprint density at radius 1 is 0.967 bits per heavy atom. The van der Waals surface area contributed by atoms with Crippen LogP contribution in [0.15, 0.2) is 42.5 Å². The van der Waals surface area contributed by atoms with Crippen LogP contribution in [0.3, 0.4) is 0 Å². The van der Waals surface area contributed by atoms with Gasteiger partial charge in [-0.1, -0.05) is 36.4 Å². The molecule has 158 valence electrons. The molecule has 30 heavy (non-hydrogen) atoms. The van der Waals surface area contributed by atoms with Gasteiger partial charge in [0.15, 0.2) is 11.6 Å². The summed E-state index contributed by atoms with van der Waals surface area (Å²) in [6, 6.07) is 11.1. The number of amides is 1. The molecule has 4 aliphatic rings. The molecule has 6 heteroatoms. The molecule has 1 atom stereocenters. The Labute approximate surface area is 175 Å². The normalized spacial score (nSPS) is 27.6. The molecule has 2 aromatic carbocycles. The highest BCUT2D eigenvalue weighted by atomic mass is 19.2. The summed E-state index contributed by atoms with van der Waals surface area (Å²) in [6.45, 7) is 4.00. The summed E-state index contributed by atoms with van der Waals surface area (Å²) in [5.74, 6) is -1.81. The Balaban J connectivity index is 1.42. The van der Waals surface area contributed by atoms with Crippen LogP contribution in [0, 0.1) is 17.0 Å². The van der Waals surface area contributed by atoms with E-state index < -0.39 is 23.8 Å². The second-order valence-corrected chi connectivity index (χ2v) is 8.83. The summed E-state index contributed by atoms with van der Waals surface area (Å²) in [5.41, 5.74) is 2.11. The molecule has 1 amide bonds. The molecule has 4 nitrogen and oxygen atoms in total. The average Bonchev–Trinajstić information content (AvgIpc) is 2.80. The smallest absolute Gasteiger partial charge is 0.410 e. The molecule has 2 bridgehead atoms. The van der Waals surface area contributed by atoms with Gasteiger partial charge in [-0.3, -0.25) is 4.90 Å². The largest absolute Gasteiger partial charge is 0.449 e. The molecular weight excluding hydrogens is 386 g/mol. The first-order valence-corrected chi connectivity index (χ1v) is 10.7. The summed E-state index contributed by atoms with van der Waals surface area (Å²) in [7, 11) is 0. The molecule has 0 saturated carbocycles. The first-order chi connectivity index (χ1) is 14.6. The highest BCUT2D eigenvalue weighted by Gasteiger charge is 2.41. The van der Waals surface area contributed by atoms with Crippen LogP contribution in [0.2, 0.25) is 0 Å². The zero-order valence-electron chi connectivity index (χ0n) is 16.9. The van der Waals surface area contributed by atoms with Gasteiger partial charge in [0.05, 0.1) is 12.6 Å². The van der Waals surface area contributed by atoms with Gasteiger partial charge in [0.2, 0.25) is 0 Å². The lowest BCUT2D eigenvalue weighted by atomic mass is 9.73. The van der Waals surface area contributed by atoms with Gasteiger partial charge >= 0.3 is 6.09 Å². The second-order valence-electron chi connectivity index (χ2n) is 8.83. The Kier molecular flexibility index (Phi) is 4.97. The van der Waals surface area contributed by atoms with Crippen molar-refractivity contribution in [1.82, 2.24) is 9.80 Å². The van der Waals surface area contributed by atoms with Gasteiger partial charge in [0, 0.05) is 17.5 Å². The Morgan fingerprint density at radius 3 is 2.43 bits per heavy atom. The van der Waals surface area contributed by atoms with Crippen molar-refractivity contribution in [2.75, 3.05) is 32.8 Å². The second kappa shape index (κ2) is 7.65. The fraction of sp³-hybridized carbons (Fsp3) is 0.458.